The Morgan fingerprint density at radius 2 is 2.12 bits per heavy atom. The number of hydrogen-bond acceptors (Lipinski definition) is 4. The van der Waals surface area contributed by atoms with Gasteiger partial charge >= 0.3 is 0 Å². The van der Waals surface area contributed by atoms with E-state index in [-0.39, 0.29) is 18.3 Å². The molecule has 0 aliphatic carbocycles. The first-order valence-corrected chi connectivity index (χ1v) is 8.24. The van der Waals surface area contributed by atoms with Gasteiger partial charge in [0.2, 0.25) is 0 Å². The van der Waals surface area contributed by atoms with Gasteiger partial charge in [0.15, 0.2) is 0 Å². The van der Waals surface area contributed by atoms with Crippen LogP contribution in [0.2, 0.25) is 0 Å². The van der Waals surface area contributed by atoms with Crippen LogP contribution < -0.4 is 5.32 Å². The molecule has 2 heterocycles. The molecule has 3 rings (SSSR count). The zero-order valence-corrected chi connectivity index (χ0v) is 13.7. The summed E-state index contributed by atoms with van der Waals surface area (Å²) in [5, 5.41) is 23.5. The smallest absolute Gasteiger partial charge is 0.255 e. The average molecular weight is 345 g/mol. The van der Waals surface area contributed by atoms with Crippen LogP contribution in [0.3, 0.4) is 0 Å². The highest BCUT2D eigenvalue weighted by Crippen LogP contribution is 2.24. The van der Waals surface area contributed by atoms with Crippen LogP contribution in [0, 0.1) is 5.82 Å². The van der Waals surface area contributed by atoms with E-state index in [1.807, 2.05) is 16.8 Å². The first-order valence-electron chi connectivity index (χ1n) is 7.30. The Hall–Kier alpha value is -2.51. The molecule has 1 unspecified atom stereocenters. The number of aliphatic hydroxyl groups is 1. The van der Waals surface area contributed by atoms with Crippen molar-refractivity contribution in [2.24, 2.45) is 0 Å². The lowest BCUT2D eigenvalue weighted by Crippen LogP contribution is -2.38. The van der Waals surface area contributed by atoms with Crippen LogP contribution in [-0.2, 0) is 5.60 Å². The van der Waals surface area contributed by atoms with Crippen molar-refractivity contribution in [2.45, 2.75) is 12.5 Å². The maximum Gasteiger partial charge on any atom is 0.255 e. The molecule has 0 saturated heterocycles. The highest BCUT2D eigenvalue weighted by Gasteiger charge is 2.25. The third-order valence-corrected chi connectivity index (χ3v) is 4.44. The molecule has 0 aliphatic rings. The van der Waals surface area contributed by atoms with Crippen molar-refractivity contribution >= 4 is 17.2 Å². The summed E-state index contributed by atoms with van der Waals surface area (Å²) < 4.78 is 13.0. The number of amides is 1. The Morgan fingerprint density at radius 3 is 2.79 bits per heavy atom. The maximum absolute atomic E-state index is 13.0. The predicted octanol–water partition coefficient (Wildman–Crippen LogP) is 2.91. The summed E-state index contributed by atoms with van der Waals surface area (Å²) >= 11 is 1.48. The van der Waals surface area contributed by atoms with Gasteiger partial charge in [-0.05, 0) is 53.6 Å². The van der Waals surface area contributed by atoms with Gasteiger partial charge in [0.1, 0.15) is 11.4 Å². The number of thiophene rings is 1. The normalized spacial score (nSPS) is 13.5. The molecule has 2 aromatic heterocycles. The Labute approximate surface area is 142 Å². The van der Waals surface area contributed by atoms with Crippen molar-refractivity contribution in [1.29, 1.82) is 0 Å². The summed E-state index contributed by atoms with van der Waals surface area (Å²) in [5.41, 5.74) is 1.09. The van der Waals surface area contributed by atoms with Crippen molar-refractivity contribution in [3.63, 3.8) is 0 Å². The van der Waals surface area contributed by atoms with Crippen LogP contribution in [0.15, 0.2) is 47.3 Å². The summed E-state index contributed by atoms with van der Waals surface area (Å²) in [7, 11) is 0. The number of carbonyl (C=O) groups is 1. The van der Waals surface area contributed by atoms with E-state index in [2.05, 4.69) is 15.5 Å². The molecule has 1 aromatic carbocycles. The molecule has 3 N–H and O–H groups in total. The van der Waals surface area contributed by atoms with Gasteiger partial charge in [0, 0.05) is 5.56 Å². The minimum atomic E-state index is -1.16. The van der Waals surface area contributed by atoms with Gasteiger partial charge in [0.25, 0.3) is 5.91 Å². The minimum Gasteiger partial charge on any atom is -0.384 e. The monoisotopic (exact) mass is 345 g/mol. The largest absolute Gasteiger partial charge is 0.384 e. The molecule has 0 bridgehead atoms. The van der Waals surface area contributed by atoms with Crippen LogP contribution in [-0.4, -0.2) is 27.8 Å². The number of halogens is 1. The molecular weight excluding hydrogens is 329 g/mol. The zero-order valence-electron chi connectivity index (χ0n) is 12.9. The number of hydrogen-bond donors (Lipinski definition) is 3. The van der Waals surface area contributed by atoms with E-state index >= 15 is 0 Å². The number of nitrogens with zero attached hydrogens (tertiary/aromatic N) is 1. The van der Waals surface area contributed by atoms with E-state index in [1.54, 1.807) is 19.1 Å². The minimum absolute atomic E-state index is 0.0661. The Balaban J connectivity index is 1.75. The summed E-state index contributed by atoms with van der Waals surface area (Å²) in [6.45, 7) is 1.71. The first kappa shape index (κ1) is 16.4. The van der Waals surface area contributed by atoms with E-state index in [9.17, 15) is 14.3 Å². The Kier molecular flexibility index (Phi) is 4.46. The molecule has 1 atom stereocenters. The number of benzene rings is 1. The van der Waals surface area contributed by atoms with E-state index in [0.717, 1.165) is 5.56 Å². The second kappa shape index (κ2) is 6.54. The second-order valence-corrected chi connectivity index (χ2v) is 6.41. The van der Waals surface area contributed by atoms with Gasteiger partial charge < -0.3 is 10.4 Å². The molecule has 0 aliphatic heterocycles. The van der Waals surface area contributed by atoms with Gasteiger partial charge in [0.05, 0.1) is 24.0 Å². The lowest BCUT2D eigenvalue weighted by atomic mass is 9.99. The van der Waals surface area contributed by atoms with Gasteiger partial charge in [-0.3, -0.25) is 9.89 Å². The third-order valence-electron chi connectivity index (χ3n) is 3.75. The van der Waals surface area contributed by atoms with E-state index in [4.69, 9.17) is 0 Å². The van der Waals surface area contributed by atoms with E-state index in [1.165, 1.54) is 29.7 Å². The summed E-state index contributed by atoms with van der Waals surface area (Å²) in [4.78, 5) is 12.4. The summed E-state index contributed by atoms with van der Waals surface area (Å²) in [5.74, 6) is -0.713. The highest BCUT2D eigenvalue weighted by atomic mass is 32.1. The van der Waals surface area contributed by atoms with Crippen molar-refractivity contribution in [2.75, 3.05) is 6.54 Å². The number of H-pyrrole nitrogens is 1. The van der Waals surface area contributed by atoms with Gasteiger partial charge in [-0.2, -0.15) is 16.4 Å². The second-order valence-electron chi connectivity index (χ2n) is 5.63. The molecule has 7 heteroatoms. The zero-order chi connectivity index (χ0) is 17.2. The number of aromatic nitrogens is 2. The fourth-order valence-electron chi connectivity index (χ4n) is 2.32. The van der Waals surface area contributed by atoms with Crippen LogP contribution in [0.1, 0.15) is 22.8 Å². The fourth-order valence-corrected chi connectivity index (χ4v) is 3.10. The number of aromatic amines is 1. The lowest BCUT2D eigenvalue weighted by molar-refractivity contribution is 0.0530. The molecule has 0 radical (unpaired) electrons. The Bertz CT molecular complexity index is 826. The van der Waals surface area contributed by atoms with Crippen molar-refractivity contribution in [1.82, 2.24) is 15.5 Å². The van der Waals surface area contributed by atoms with E-state index < -0.39 is 5.60 Å². The lowest BCUT2D eigenvalue weighted by Gasteiger charge is -2.22. The Morgan fingerprint density at radius 1 is 1.38 bits per heavy atom. The average Bonchev–Trinajstić information content (AvgIpc) is 3.25. The first-order chi connectivity index (χ1) is 11.5. The summed E-state index contributed by atoms with van der Waals surface area (Å²) in [6.07, 6.45) is 1.41. The molecule has 1 amide bonds. The van der Waals surface area contributed by atoms with Crippen LogP contribution in [0.4, 0.5) is 4.39 Å². The van der Waals surface area contributed by atoms with E-state index in [0.29, 0.717) is 16.8 Å². The van der Waals surface area contributed by atoms with Gasteiger partial charge in [-0.15, -0.1) is 0 Å². The van der Waals surface area contributed by atoms with Crippen molar-refractivity contribution in [3.8, 4) is 11.3 Å². The molecule has 0 saturated carbocycles. The third kappa shape index (κ3) is 3.37. The van der Waals surface area contributed by atoms with Crippen LogP contribution in [0.5, 0.6) is 0 Å². The van der Waals surface area contributed by atoms with Crippen molar-refractivity contribution < 1.29 is 14.3 Å². The standard InChI is InChI=1S/C17H16FN3O2S/c1-17(23,12-6-7-24-9-12)10-19-16(22)14-8-20-21-15(14)11-2-4-13(18)5-3-11/h2-9,23H,10H2,1H3,(H,19,22)(H,20,21). The number of carbonyl (C=O) groups excluding carboxylic acids is 1. The molecule has 124 valence electrons. The van der Waals surface area contributed by atoms with Crippen molar-refractivity contribution in [3.05, 3.63) is 64.2 Å². The highest BCUT2D eigenvalue weighted by molar-refractivity contribution is 7.08. The number of rotatable bonds is 5. The quantitative estimate of drug-likeness (QED) is 0.665. The summed E-state index contributed by atoms with van der Waals surface area (Å²) in [6, 6.07) is 7.60. The predicted molar refractivity (Wildman–Crippen MR) is 90.2 cm³/mol. The molecule has 0 spiro atoms. The fraction of sp³-hybridized carbons (Fsp3) is 0.176. The molecule has 5 nitrogen and oxygen atoms in total. The molecule has 24 heavy (non-hydrogen) atoms. The van der Waals surface area contributed by atoms with Crippen LogP contribution >= 0.6 is 11.3 Å². The topological polar surface area (TPSA) is 78.0 Å². The number of nitrogens with one attached hydrogen (secondary N) is 2. The van der Waals surface area contributed by atoms with Gasteiger partial charge in [-0.25, -0.2) is 4.39 Å². The van der Waals surface area contributed by atoms with Gasteiger partial charge in [-0.1, -0.05) is 0 Å². The SMILES string of the molecule is CC(O)(CNC(=O)c1cn[nH]c1-c1ccc(F)cc1)c1ccsc1. The van der Waals surface area contributed by atoms with Crippen LogP contribution in [0.25, 0.3) is 11.3 Å². The molecule has 0 fully saturated rings. The molecule has 3 aromatic rings. The maximum atomic E-state index is 13.0. The molecular formula is C17H16FN3O2S.